The van der Waals surface area contributed by atoms with Gasteiger partial charge in [-0.2, -0.15) is 0 Å². The summed E-state index contributed by atoms with van der Waals surface area (Å²) in [6, 6.07) is 4.47. The predicted octanol–water partition coefficient (Wildman–Crippen LogP) is 2.44. The van der Waals surface area contributed by atoms with E-state index in [0.717, 1.165) is 19.3 Å². The fraction of sp³-hybridized carbons (Fsp3) is 0.667. The van der Waals surface area contributed by atoms with E-state index in [4.69, 9.17) is 4.74 Å². The maximum atomic E-state index is 12.5. The highest BCUT2D eigenvalue weighted by molar-refractivity contribution is 7.12. The first-order valence-electron chi connectivity index (χ1n) is 7.27. The summed E-state index contributed by atoms with van der Waals surface area (Å²) in [7, 11) is 1.76. The first-order valence-corrected chi connectivity index (χ1v) is 8.09. The highest BCUT2D eigenvalue weighted by Gasteiger charge is 2.43. The van der Waals surface area contributed by atoms with Crippen LogP contribution in [-0.4, -0.2) is 36.1 Å². The molecule has 3 rings (SSSR count). The number of amides is 1. The van der Waals surface area contributed by atoms with E-state index in [9.17, 15) is 4.79 Å². The lowest BCUT2D eigenvalue weighted by Crippen LogP contribution is -2.38. The number of nitrogens with one attached hydrogen (secondary N) is 1. The Kier molecular flexibility index (Phi) is 3.84. The van der Waals surface area contributed by atoms with E-state index in [0.29, 0.717) is 12.1 Å². The number of hydrogen-bond donors (Lipinski definition) is 1. The van der Waals surface area contributed by atoms with E-state index in [1.54, 1.807) is 18.4 Å². The number of methoxy groups -OCH3 is 1. The standard InChI is InChI=1S/C15H22N2O2S/c1-9-4-7-13(20-9)14-16-10(2)15(18)17(14)11-5-6-12(8-11)19-3/h4,7,10-12,14,16H,5-6,8H2,1-3H3. The van der Waals surface area contributed by atoms with Crippen molar-refractivity contribution in [3.8, 4) is 0 Å². The Balaban J connectivity index is 1.83. The lowest BCUT2D eigenvalue weighted by molar-refractivity contribution is -0.132. The summed E-state index contributed by atoms with van der Waals surface area (Å²) >= 11 is 1.77. The summed E-state index contributed by atoms with van der Waals surface area (Å²) in [5.41, 5.74) is 0. The number of thiophene rings is 1. The van der Waals surface area contributed by atoms with E-state index >= 15 is 0 Å². The predicted molar refractivity (Wildman–Crippen MR) is 79.7 cm³/mol. The monoisotopic (exact) mass is 294 g/mol. The molecule has 0 bridgehead atoms. The van der Waals surface area contributed by atoms with Crippen molar-refractivity contribution in [2.45, 2.75) is 57.5 Å². The van der Waals surface area contributed by atoms with Crippen LogP contribution in [0.25, 0.3) is 0 Å². The maximum Gasteiger partial charge on any atom is 0.241 e. The molecule has 5 heteroatoms. The molecule has 1 amide bonds. The minimum Gasteiger partial charge on any atom is -0.381 e. The van der Waals surface area contributed by atoms with E-state index in [1.165, 1.54) is 9.75 Å². The van der Waals surface area contributed by atoms with Crippen LogP contribution in [0.15, 0.2) is 12.1 Å². The molecule has 1 saturated heterocycles. The van der Waals surface area contributed by atoms with Crippen molar-refractivity contribution < 1.29 is 9.53 Å². The molecule has 1 saturated carbocycles. The molecule has 1 aliphatic carbocycles. The summed E-state index contributed by atoms with van der Waals surface area (Å²) in [6.45, 7) is 4.06. The molecule has 110 valence electrons. The first-order chi connectivity index (χ1) is 9.60. The summed E-state index contributed by atoms with van der Waals surface area (Å²) in [5.74, 6) is 0.225. The number of rotatable bonds is 3. The van der Waals surface area contributed by atoms with E-state index in [-0.39, 0.29) is 18.1 Å². The van der Waals surface area contributed by atoms with Gasteiger partial charge in [-0.1, -0.05) is 0 Å². The molecule has 1 aromatic heterocycles. The number of nitrogens with zero attached hydrogens (tertiary/aromatic N) is 1. The zero-order chi connectivity index (χ0) is 14.3. The Morgan fingerprint density at radius 3 is 2.80 bits per heavy atom. The zero-order valence-electron chi connectivity index (χ0n) is 12.3. The summed E-state index contributed by atoms with van der Waals surface area (Å²) in [4.78, 5) is 17.1. The van der Waals surface area contributed by atoms with Gasteiger partial charge in [-0.05, 0) is 45.2 Å². The molecule has 0 radical (unpaired) electrons. The smallest absolute Gasteiger partial charge is 0.241 e. The van der Waals surface area contributed by atoms with Gasteiger partial charge in [-0.25, -0.2) is 0 Å². The minimum atomic E-state index is -0.0935. The summed E-state index contributed by atoms with van der Waals surface area (Å²) in [5, 5.41) is 3.44. The topological polar surface area (TPSA) is 41.6 Å². The van der Waals surface area contributed by atoms with Gasteiger partial charge >= 0.3 is 0 Å². The Hall–Kier alpha value is -0.910. The van der Waals surface area contributed by atoms with Crippen LogP contribution in [0.5, 0.6) is 0 Å². The third kappa shape index (κ3) is 2.38. The van der Waals surface area contributed by atoms with Crippen LogP contribution in [0.4, 0.5) is 0 Å². The molecule has 1 aromatic rings. The second-order valence-corrected chi connectivity index (χ2v) is 7.13. The lowest BCUT2D eigenvalue weighted by atomic mass is 10.2. The lowest BCUT2D eigenvalue weighted by Gasteiger charge is -2.29. The molecule has 0 aromatic carbocycles. The quantitative estimate of drug-likeness (QED) is 0.931. The van der Waals surface area contributed by atoms with Gasteiger partial charge < -0.3 is 9.64 Å². The zero-order valence-corrected chi connectivity index (χ0v) is 13.1. The van der Waals surface area contributed by atoms with Crippen molar-refractivity contribution in [1.29, 1.82) is 0 Å². The van der Waals surface area contributed by atoms with E-state index in [1.807, 2.05) is 6.92 Å². The molecule has 4 nitrogen and oxygen atoms in total. The summed E-state index contributed by atoms with van der Waals surface area (Å²) in [6.07, 6.45) is 3.39. The number of carbonyl (C=O) groups excluding carboxylic acids is 1. The van der Waals surface area contributed by atoms with Crippen LogP contribution in [0, 0.1) is 6.92 Å². The average molecular weight is 294 g/mol. The molecule has 4 unspecified atom stereocenters. The summed E-state index contributed by atoms with van der Waals surface area (Å²) < 4.78 is 5.45. The fourth-order valence-corrected chi connectivity index (χ4v) is 4.27. The molecular formula is C15H22N2O2S. The van der Waals surface area contributed by atoms with E-state index < -0.39 is 0 Å². The van der Waals surface area contributed by atoms with Gasteiger partial charge in [-0.3, -0.25) is 10.1 Å². The maximum absolute atomic E-state index is 12.5. The second kappa shape index (κ2) is 5.47. The molecule has 0 spiro atoms. The van der Waals surface area contributed by atoms with Crippen molar-refractivity contribution in [1.82, 2.24) is 10.2 Å². The third-order valence-corrected chi connectivity index (χ3v) is 5.48. The van der Waals surface area contributed by atoms with Crippen LogP contribution in [0.1, 0.15) is 42.1 Å². The van der Waals surface area contributed by atoms with Crippen LogP contribution < -0.4 is 5.32 Å². The van der Waals surface area contributed by atoms with Crippen molar-refractivity contribution >= 4 is 17.2 Å². The highest BCUT2D eigenvalue weighted by Crippen LogP contribution is 2.37. The second-order valence-electron chi connectivity index (χ2n) is 5.81. The molecular weight excluding hydrogens is 272 g/mol. The molecule has 4 atom stereocenters. The van der Waals surface area contributed by atoms with Crippen molar-refractivity contribution in [3.05, 3.63) is 21.9 Å². The third-order valence-electron chi connectivity index (χ3n) is 4.43. The number of carbonyl (C=O) groups is 1. The van der Waals surface area contributed by atoms with Gasteiger partial charge in [-0.15, -0.1) is 11.3 Å². The Morgan fingerprint density at radius 1 is 1.40 bits per heavy atom. The number of hydrogen-bond acceptors (Lipinski definition) is 4. The highest BCUT2D eigenvalue weighted by atomic mass is 32.1. The molecule has 2 fully saturated rings. The Morgan fingerprint density at radius 2 is 2.20 bits per heavy atom. The van der Waals surface area contributed by atoms with E-state index in [2.05, 4.69) is 29.3 Å². The number of aryl methyl sites for hydroxylation is 1. The Bertz CT molecular complexity index is 502. The van der Waals surface area contributed by atoms with Gasteiger partial charge in [0.25, 0.3) is 0 Å². The molecule has 2 aliphatic rings. The molecule has 2 heterocycles. The first kappa shape index (κ1) is 14.0. The van der Waals surface area contributed by atoms with Gasteiger partial charge in [0.1, 0.15) is 6.17 Å². The van der Waals surface area contributed by atoms with Crippen LogP contribution in [-0.2, 0) is 9.53 Å². The van der Waals surface area contributed by atoms with Crippen molar-refractivity contribution in [2.24, 2.45) is 0 Å². The van der Waals surface area contributed by atoms with Gasteiger partial charge in [0.05, 0.1) is 12.1 Å². The molecule has 1 aliphatic heterocycles. The minimum absolute atomic E-state index is 0.0387. The fourth-order valence-electron chi connectivity index (χ4n) is 3.33. The molecule has 20 heavy (non-hydrogen) atoms. The SMILES string of the molecule is COC1CCC(N2C(=O)C(C)NC2c2ccc(C)s2)C1. The van der Waals surface area contributed by atoms with Crippen LogP contribution >= 0.6 is 11.3 Å². The average Bonchev–Trinajstić information content (AvgIpc) is 3.11. The van der Waals surface area contributed by atoms with Gasteiger partial charge in [0.2, 0.25) is 5.91 Å². The normalized spacial score (nSPS) is 34.1. The van der Waals surface area contributed by atoms with Crippen molar-refractivity contribution in [3.63, 3.8) is 0 Å². The van der Waals surface area contributed by atoms with Crippen LogP contribution in [0.2, 0.25) is 0 Å². The molecule has 1 N–H and O–H groups in total. The van der Waals surface area contributed by atoms with Gasteiger partial charge in [0.15, 0.2) is 0 Å². The van der Waals surface area contributed by atoms with Crippen LogP contribution in [0.3, 0.4) is 0 Å². The van der Waals surface area contributed by atoms with Crippen molar-refractivity contribution in [2.75, 3.05) is 7.11 Å². The largest absolute Gasteiger partial charge is 0.381 e. The Labute approximate surface area is 124 Å². The number of ether oxygens (including phenoxy) is 1. The van der Waals surface area contributed by atoms with Gasteiger partial charge in [0, 0.05) is 22.9 Å².